The molecule has 0 aliphatic heterocycles. The van der Waals surface area contributed by atoms with Gasteiger partial charge in [0, 0.05) is 6.92 Å². The lowest BCUT2D eigenvalue weighted by Crippen LogP contribution is -2.22. The third-order valence-electron chi connectivity index (χ3n) is 1.66. The van der Waals surface area contributed by atoms with Gasteiger partial charge in [-0.1, -0.05) is 5.10 Å². The molecule has 0 amide bonds. The number of hydrogen-bond acceptors (Lipinski definition) is 7. The lowest BCUT2D eigenvalue weighted by atomic mass is 10.8. The molecule has 0 N–H and O–H groups in total. The van der Waals surface area contributed by atoms with Gasteiger partial charge in [0.2, 0.25) is 5.82 Å². The number of aryl methyl sites for hydroxylation is 1. The van der Waals surface area contributed by atoms with Crippen LogP contribution in [0.3, 0.4) is 0 Å². The Bertz CT molecular complexity index is 542. The lowest BCUT2D eigenvalue weighted by molar-refractivity contribution is -0.395. The fourth-order valence-electron chi connectivity index (χ4n) is 1.05. The highest BCUT2D eigenvalue weighted by Gasteiger charge is 2.27. The zero-order valence-electron chi connectivity index (χ0n) is 8.01. The van der Waals surface area contributed by atoms with E-state index in [1.807, 2.05) is 0 Å². The fraction of sp³-hybridized carbons (Fsp3) is 0.167. The van der Waals surface area contributed by atoms with Gasteiger partial charge in [-0.3, -0.25) is 0 Å². The van der Waals surface area contributed by atoms with Gasteiger partial charge in [0.15, 0.2) is 0 Å². The van der Waals surface area contributed by atoms with Crippen molar-refractivity contribution in [3.05, 3.63) is 28.6 Å². The highest BCUT2D eigenvalue weighted by Crippen LogP contribution is 2.07. The molecule has 0 fully saturated rings. The van der Waals surface area contributed by atoms with E-state index >= 15 is 0 Å². The quantitative estimate of drug-likeness (QED) is 0.476. The number of nitro groups is 1. The van der Waals surface area contributed by atoms with Gasteiger partial charge >= 0.3 is 12.0 Å². The smallest absolute Gasteiger partial charge is 0.390 e. The van der Waals surface area contributed by atoms with Crippen LogP contribution in [-0.4, -0.2) is 40.5 Å². The summed E-state index contributed by atoms with van der Waals surface area (Å²) in [4.78, 5) is 28.5. The van der Waals surface area contributed by atoms with E-state index in [0.29, 0.717) is 4.68 Å². The summed E-state index contributed by atoms with van der Waals surface area (Å²) in [7, 11) is 0. The third kappa shape index (κ3) is 1.51. The van der Waals surface area contributed by atoms with Gasteiger partial charge in [-0.25, -0.2) is 9.78 Å². The topological polar surface area (TPSA) is 122 Å². The van der Waals surface area contributed by atoms with Crippen LogP contribution < -0.4 is 0 Å². The molecule has 0 aromatic carbocycles. The Morgan fingerprint density at radius 1 is 1.56 bits per heavy atom. The van der Waals surface area contributed by atoms with Gasteiger partial charge in [0.1, 0.15) is 12.7 Å². The second-order valence-electron chi connectivity index (χ2n) is 2.75. The maximum atomic E-state index is 11.7. The van der Waals surface area contributed by atoms with Gasteiger partial charge in [0.05, 0.1) is 0 Å². The van der Waals surface area contributed by atoms with E-state index in [0.717, 1.165) is 17.3 Å². The molecule has 0 saturated carbocycles. The first-order valence-corrected chi connectivity index (χ1v) is 4.07. The van der Waals surface area contributed by atoms with E-state index in [-0.39, 0.29) is 5.82 Å². The van der Waals surface area contributed by atoms with Crippen LogP contribution in [0.25, 0.3) is 0 Å². The van der Waals surface area contributed by atoms with Crippen LogP contribution in [0.2, 0.25) is 0 Å². The highest BCUT2D eigenvalue weighted by molar-refractivity contribution is 5.78. The summed E-state index contributed by atoms with van der Waals surface area (Å²) in [6, 6.07) is -0.815. The van der Waals surface area contributed by atoms with Crippen LogP contribution >= 0.6 is 0 Å². The van der Waals surface area contributed by atoms with Crippen molar-refractivity contribution in [2.45, 2.75) is 6.92 Å². The van der Waals surface area contributed by atoms with E-state index in [1.54, 1.807) is 0 Å². The van der Waals surface area contributed by atoms with Crippen LogP contribution in [0.1, 0.15) is 5.82 Å². The molecule has 0 spiro atoms. The first-order chi connectivity index (χ1) is 7.59. The van der Waals surface area contributed by atoms with Crippen molar-refractivity contribution in [3.63, 3.8) is 0 Å². The van der Waals surface area contributed by atoms with Crippen LogP contribution in [-0.2, 0) is 0 Å². The maximum Gasteiger partial charge on any atom is 0.465 e. The molecule has 2 rings (SSSR count). The minimum Gasteiger partial charge on any atom is -0.390 e. The summed E-state index contributed by atoms with van der Waals surface area (Å²) < 4.78 is 1.38. The molecule has 16 heavy (non-hydrogen) atoms. The maximum absolute atomic E-state index is 11.7. The molecule has 0 unspecified atom stereocenters. The van der Waals surface area contributed by atoms with E-state index in [1.165, 1.54) is 6.92 Å². The summed E-state index contributed by atoms with van der Waals surface area (Å²) in [5.41, 5.74) is 0. The van der Waals surface area contributed by atoms with Gasteiger partial charge in [-0.05, 0) is 14.6 Å². The molecule has 2 heterocycles. The first kappa shape index (κ1) is 9.89. The van der Waals surface area contributed by atoms with E-state index < -0.39 is 16.9 Å². The zero-order chi connectivity index (χ0) is 11.7. The Morgan fingerprint density at radius 2 is 2.31 bits per heavy atom. The molecule has 0 atom stereocenters. The standard InChI is InChI=1S/C6H5N7O3/c1-4-9-5(13(15)16)12(10-4)6(14)11-3-7-2-8-11/h2-3H,1H3. The Hall–Kier alpha value is -2.65. The first-order valence-electron chi connectivity index (χ1n) is 4.07. The second kappa shape index (κ2) is 3.49. The number of nitrogens with zero attached hydrogens (tertiary/aromatic N) is 7. The molecule has 0 bridgehead atoms. The molecule has 10 nitrogen and oxygen atoms in total. The number of rotatable bonds is 1. The Morgan fingerprint density at radius 3 is 2.88 bits per heavy atom. The molecule has 2 aromatic heterocycles. The van der Waals surface area contributed by atoms with Crippen molar-refractivity contribution >= 4 is 12.0 Å². The van der Waals surface area contributed by atoms with Crippen molar-refractivity contribution in [1.29, 1.82) is 0 Å². The molecule has 0 saturated heterocycles. The molecule has 0 aliphatic carbocycles. The summed E-state index contributed by atoms with van der Waals surface area (Å²) in [6.07, 6.45) is 2.25. The van der Waals surface area contributed by atoms with Crippen LogP contribution in [0.15, 0.2) is 12.7 Å². The van der Waals surface area contributed by atoms with E-state index in [2.05, 4.69) is 20.2 Å². The minimum atomic E-state index is -0.815. The molecular weight excluding hydrogens is 218 g/mol. The van der Waals surface area contributed by atoms with Crippen molar-refractivity contribution in [2.75, 3.05) is 0 Å². The van der Waals surface area contributed by atoms with Crippen LogP contribution in [0.5, 0.6) is 0 Å². The lowest BCUT2D eigenvalue weighted by Gasteiger charge is -1.95. The van der Waals surface area contributed by atoms with Gasteiger partial charge in [-0.2, -0.15) is 4.68 Å². The van der Waals surface area contributed by atoms with Gasteiger partial charge in [-0.15, -0.1) is 5.10 Å². The van der Waals surface area contributed by atoms with E-state index in [9.17, 15) is 14.9 Å². The van der Waals surface area contributed by atoms with Crippen LogP contribution in [0.4, 0.5) is 10.7 Å². The number of carbonyl (C=O) groups excluding carboxylic acids is 1. The number of aromatic nitrogens is 6. The number of carbonyl (C=O) groups is 1. The molecule has 0 radical (unpaired) electrons. The predicted molar refractivity (Wildman–Crippen MR) is 47.6 cm³/mol. The summed E-state index contributed by atoms with van der Waals surface area (Å²) in [6.45, 7) is 1.44. The van der Waals surface area contributed by atoms with Crippen molar-refractivity contribution in [1.82, 2.24) is 29.5 Å². The fourth-order valence-corrected chi connectivity index (χ4v) is 1.05. The normalized spacial score (nSPS) is 10.3. The predicted octanol–water partition coefficient (Wildman–Crippen LogP) is -0.397. The Kier molecular flexibility index (Phi) is 2.16. The molecule has 10 heteroatoms. The average Bonchev–Trinajstić information content (AvgIpc) is 2.84. The Labute approximate surface area is 87.7 Å². The minimum absolute atomic E-state index is 0.125. The SMILES string of the molecule is Cc1nc([N+](=O)[O-])n(C(=O)n2cncn2)n1. The molecule has 82 valence electrons. The Balaban J connectivity index is 2.48. The summed E-state index contributed by atoms with van der Waals surface area (Å²) in [5.74, 6) is -0.529. The van der Waals surface area contributed by atoms with Crippen LogP contribution in [0, 0.1) is 17.0 Å². The zero-order valence-corrected chi connectivity index (χ0v) is 8.01. The molecule has 2 aromatic rings. The molecular formula is C6H5N7O3. The highest BCUT2D eigenvalue weighted by atomic mass is 16.6. The monoisotopic (exact) mass is 223 g/mol. The van der Waals surface area contributed by atoms with Crippen molar-refractivity contribution in [2.24, 2.45) is 0 Å². The van der Waals surface area contributed by atoms with E-state index in [4.69, 9.17) is 0 Å². The van der Waals surface area contributed by atoms with Gasteiger partial charge < -0.3 is 10.1 Å². The summed E-state index contributed by atoms with van der Waals surface area (Å²) >= 11 is 0. The average molecular weight is 223 g/mol. The summed E-state index contributed by atoms with van der Waals surface area (Å²) in [5, 5.41) is 17.8. The third-order valence-corrected chi connectivity index (χ3v) is 1.66. The number of hydrogen-bond donors (Lipinski definition) is 0. The molecule has 0 aliphatic rings. The largest absolute Gasteiger partial charge is 0.465 e. The van der Waals surface area contributed by atoms with Crippen molar-refractivity contribution < 1.29 is 9.72 Å². The van der Waals surface area contributed by atoms with Crippen molar-refractivity contribution in [3.8, 4) is 0 Å². The van der Waals surface area contributed by atoms with Gasteiger partial charge in [0.25, 0.3) is 0 Å². The second-order valence-corrected chi connectivity index (χ2v) is 2.75.